The predicted octanol–water partition coefficient (Wildman–Crippen LogP) is 4.67. The summed E-state index contributed by atoms with van der Waals surface area (Å²) in [6.45, 7) is 2.27. The Morgan fingerprint density at radius 3 is 1.84 bits per heavy atom. The van der Waals surface area contributed by atoms with Gasteiger partial charge in [0.1, 0.15) is 11.4 Å². The van der Waals surface area contributed by atoms with Crippen LogP contribution in [0.15, 0.2) is 48.8 Å². The second-order valence-electron chi connectivity index (χ2n) is 12.2. The molecule has 0 bridgehead atoms. The molecule has 2 aliphatic heterocycles. The Bertz CT molecular complexity index is 1860. The van der Waals surface area contributed by atoms with Gasteiger partial charge in [0.2, 0.25) is 23.6 Å². The first-order chi connectivity index (χ1) is 23.7. The van der Waals surface area contributed by atoms with Gasteiger partial charge >= 0.3 is 0 Å². The lowest BCUT2D eigenvalue weighted by Gasteiger charge is -2.21. The monoisotopic (exact) mass is 704 g/mol. The molecule has 4 aromatic rings. The van der Waals surface area contributed by atoms with E-state index < -0.39 is 0 Å². The second kappa shape index (κ2) is 15.5. The van der Waals surface area contributed by atoms with Crippen molar-refractivity contribution in [3.05, 3.63) is 70.2 Å². The van der Waals surface area contributed by atoms with E-state index in [2.05, 4.69) is 30.8 Å². The largest absolute Gasteiger partial charge is 0.480 e. The van der Waals surface area contributed by atoms with Gasteiger partial charge < -0.3 is 25.4 Å². The topological polar surface area (TPSA) is 143 Å². The van der Waals surface area contributed by atoms with Gasteiger partial charge in [-0.15, -0.1) is 0 Å². The van der Waals surface area contributed by atoms with Crippen LogP contribution in [0.25, 0.3) is 33.6 Å². The zero-order valence-corrected chi connectivity index (χ0v) is 29.1. The Balaban J connectivity index is 1.21. The molecule has 0 saturated carbocycles. The molecule has 2 saturated heterocycles. The molecule has 0 spiro atoms. The summed E-state index contributed by atoms with van der Waals surface area (Å²) in [7, 11) is 5.10. The molecule has 49 heavy (non-hydrogen) atoms. The molecule has 2 aliphatic rings. The summed E-state index contributed by atoms with van der Waals surface area (Å²) in [6.07, 6.45) is 6.11. The van der Waals surface area contributed by atoms with E-state index in [-0.39, 0.29) is 23.9 Å². The van der Waals surface area contributed by atoms with Gasteiger partial charge in [0.05, 0.1) is 48.0 Å². The number of likely N-dealkylation sites (N-methyl/N-ethyl adjacent to an activating group) is 1. The number of rotatable bonds is 13. The third-order valence-corrected chi connectivity index (χ3v) is 9.47. The van der Waals surface area contributed by atoms with Crippen molar-refractivity contribution >= 4 is 35.0 Å². The van der Waals surface area contributed by atoms with Gasteiger partial charge in [-0.25, -0.2) is 9.97 Å². The van der Waals surface area contributed by atoms with Crippen LogP contribution >= 0.6 is 23.2 Å². The van der Waals surface area contributed by atoms with E-state index in [4.69, 9.17) is 42.6 Å². The molecule has 256 valence electrons. The fourth-order valence-corrected chi connectivity index (χ4v) is 6.84. The van der Waals surface area contributed by atoms with Crippen molar-refractivity contribution in [3.8, 4) is 45.4 Å². The Hall–Kier alpha value is -4.36. The van der Waals surface area contributed by atoms with E-state index in [1.165, 1.54) is 0 Å². The molecule has 6 rings (SSSR count). The van der Waals surface area contributed by atoms with Crippen molar-refractivity contribution in [2.45, 2.75) is 50.9 Å². The number of hydrogen-bond acceptors (Lipinski definition) is 10. The molecule has 2 aromatic heterocycles. The summed E-state index contributed by atoms with van der Waals surface area (Å²) in [5.74, 6) is 0.955. The van der Waals surface area contributed by atoms with Crippen molar-refractivity contribution in [1.82, 2.24) is 40.8 Å². The molecule has 12 nitrogen and oxygen atoms in total. The van der Waals surface area contributed by atoms with Crippen LogP contribution < -0.4 is 25.4 Å². The SMILES string of the molecule is COc1nc(-c2cccc(-c3cccc(-c4cnc(CN(C)CC5CCC(=O)N5)c(OC)n4)c3Cl)c2Cl)cnc1CNCC1CCC(=O)N1. The Morgan fingerprint density at radius 2 is 1.31 bits per heavy atom. The maximum atomic E-state index is 11.6. The molecule has 2 atom stereocenters. The van der Waals surface area contributed by atoms with Gasteiger partial charge in [0, 0.05) is 73.4 Å². The van der Waals surface area contributed by atoms with Crippen LogP contribution in [0.2, 0.25) is 10.0 Å². The van der Waals surface area contributed by atoms with E-state index in [9.17, 15) is 9.59 Å². The highest BCUT2D eigenvalue weighted by Crippen LogP contribution is 2.42. The van der Waals surface area contributed by atoms with Crippen LogP contribution in [-0.4, -0.2) is 83.1 Å². The summed E-state index contributed by atoms with van der Waals surface area (Å²) < 4.78 is 11.2. The summed E-state index contributed by atoms with van der Waals surface area (Å²) >= 11 is 14.1. The highest BCUT2D eigenvalue weighted by atomic mass is 35.5. The van der Waals surface area contributed by atoms with Crippen molar-refractivity contribution in [1.29, 1.82) is 0 Å². The summed E-state index contributed by atoms with van der Waals surface area (Å²) in [5.41, 5.74) is 5.22. The van der Waals surface area contributed by atoms with Gasteiger partial charge in [0.15, 0.2) is 0 Å². The number of carbonyl (C=O) groups excluding carboxylic acids is 2. The van der Waals surface area contributed by atoms with Gasteiger partial charge in [-0.2, -0.15) is 0 Å². The smallest absolute Gasteiger partial charge is 0.237 e. The lowest BCUT2D eigenvalue weighted by atomic mass is 9.98. The van der Waals surface area contributed by atoms with Crippen LogP contribution in [-0.2, 0) is 22.7 Å². The zero-order chi connectivity index (χ0) is 34.5. The number of nitrogens with zero attached hydrogens (tertiary/aromatic N) is 5. The van der Waals surface area contributed by atoms with Crippen LogP contribution in [0.1, 0.15) is 37.1 Å². The Labute approximate surface area is 295 Å². The maximum Gasteiger partial charge on any atom is 0.237 e. The Kier molecular flexibility index (Phi) is 10.9. The first-order valence-electron chi connectivity index (χ1n) is 16.1. The molecule has 2 aromatic carbocycles. The summed E-state index contributed by atoms with van der Waals surface area (Å²) in [5, 5.41) is 10.2. The number of methoxy groups -OCH3 is 2. The summed E-state index contributed by atoms with van der Waals surface area (Å²) in [6, 6.07) is 11.6. The molecule has 0 radical (unpaired) electrons. The number of carbonyl (C=O) groups is 2. The van der Waals surface area contributed by atoms with Crippen molar-refractivity contribution in [2.75, 3.05) is 34.4 Å². The van der Waals surface area contributed by atoms with Crippen molar-refractivity contribution < 1.29 is 19.1 Å². The highest BCUT2D eigenvalue weighted by Gasteiger charge is 2.24. The van der Waals surface area contributed by atoms with Gasteiger partial charge in [-0.3, -0.25) is 24.5 Å². The molecular weight excluding hydrogens is 667 g/mol. The minimum absolute atomic E-state index is 0.0803. The normalized spacial score (nSPS) is 17.3. The average molecular weight is 706 g/mol. The molecule has 0 aliphatic carbocycles. The quantitative estimate of drug-likeness (QED) is 0.180. The third-order valence-electron chi connectivity index (χ3n) is 8.65. The molecule has 2 unspecified atom stereocenters. The first kappa shape index (κ1) is 34.5. The van der Waals surface area contributed by atoms with Crippen molar-refractivity contribution in [2.24, 2.45) is 0 Å². The number of amides is 2. The minimum Gasteiger partial charge on any atom is -0.480 e. The van der Waals surface area contributed by atoms with Crippen LogP contribution in [0.4, 0.5) is 0 Å². The van der Waals surface area contributed by atoms with Crippen LogP contribution in [0, 0.1) is 0 Å². The van der Waals surface area contributed by atoms with E-state index >= 15 is 0 Å². The Morgan fingerprint density at radius 1 is 0.796 bits per heavy atom. The number of aromatic nitrogens is 4. The lowest BCUT2D eigenvalue weighted by molar-refractivity contribution is -0.120. The molecule has 14 heteroatoms. The fourth-order valence-electron chi connectivity index (χ4n) is 6.19. The number of ether oxygens (including phenoxy) is 2. The molecule has 4 heterocycles. The second-order valence-corrected chi connectivity index (χ2v) is 12.9. The minimum atomic E-state index is 0.0803. The highest BCUT2D eigenvalue weighted by molar-refractivity contribution is 6.39. The molecule has 2 fully saturated rings. The number of hydrogen-bond donors (Lipinski definition) is 3. The number of benzene rings is 2. The van der Waals surface area contributed by atoms with Gasteiger partial charge in [-0.1, -0.05) is 59.6 Å². The van der Waals surface area contributed by atoms with Gasteiger partial charge in [0.25, 0.3) is 0 Å². The van der Waals surface area contributed by atoms with E-state index in [1.54, 1.807) is 26.6 Å². The predicted molar refractivity (Wildman–Crippen MR) is 187 cm³/mol. The molecule has 2 amide bonds. The van der Waals surface area contributed by atoms with E-state index in [1.807, 2.05) is 43.4 Å². The van der Waals surface area contributed by atoms with Crippen molar-refractivity contribution in [3.63, 3.8) is 0 Å². The van der Waals surface area contributed by atoms with Crippen LogP contribution in [0.3, 0.4) is 0 Å². The first-order valence-corrected chi connectivity index (χ1v) is 16.9. The van der Waals surface area contributed by atoms with E-state index in [0.717, 1.165) is 12.8 Å². The summed E-state index contributed by atoms with van der Waals surface area (Å²) in [4.78, 5) is 44.0. The molecule has 3 N–H and O–H groups in total. The third kappa shape index (κ3) is 7.94. The number of nitrogens with one attached hydrogen (secondary N) is 3. The zero-order valence-electron chi connectivity index (χ0n) is 27.6. The standard InChI is InChI=1S/C35H38Cl2N8O4/c1-45(18-21-11-13-31(47)42-21)19-29-35(49-3)44-27(17-40-29)25-9-5-7-23(33(25)37)22-6-4-8-24(32(22)36)26-16-39-28(34(43-26)48-2)15-38-14-20-10-12-30(46)41-20/h4-9,16-17,20-21,38H,10-15,18-19H2,1-3H3,(H,41,46)(H,42,47). The van der Waals surface area contributed by atoms with E-state index in [0.29, 0.717) is 106 Å². The van der Waals surface area contributed by atoms with Gasteiger partial charge in [-0.05, 0) is 19.9 Å². The number of halogens is 2. The lowest BCUT2D eigenvalue weighted by Crippen LogP contribution is -2.36. The van der Waals surface area contributed by atoms with Crippen LogP contribution in [0.5, 0.6) is 11.8 Å². The fraction of sp³-hybridized carbons (Fsp3) is 0.371. The maximum absolute atomic E-state index is 11.6. The average Bonchev–Trinajstić information content (AvgIpc) is 3.71. The molecular formula is C35H38Cl2N8O4.